The maximum Gasteiger partial charge on any atom is 0.323 e. The molecule has 1 saturated heterocycles. The van der Waals surface area contributed by atoms with Crippen molar-refractivity contribution in [2.45, 2.75) is 38.6 Å². The Labute approximate surface area is 143 Å². The van der Waals surface area contributed by atoms with E-state index in [1.807, 2.05) is 42.5 Å². The zero-order chi connectivity index (χ0) is 16.8. The van der Waals surface area contributed by atoms with Crippen molar-refractivity contribution in [3.05, 3.63) is 48.7 Å². The third-order valence-electron chi connectivity index (χ3n) is 4.43. The van der Waals surface area contributed by atoms with Crippen LogP contribution >= 0.6 is 0 Å². The van der Waals surface area contributed by atoms with Crippen LogP contribution in [0.2, 0.25) is 0 Å². The molecule has 2 amide bonds. The van der Waals surface area contributed by atoms with Crippen LogP contribution in [0.25, 0.3) is 0 Å². The van der Waals surface area contributed by atoms with Crippen LogP contribution in [0, 0.1) is 0 Å². The Morgan fingerprint density at radius 3 is 2.62 bits per heavy atom. The predicted molar refractivity (Wildman–Crippen MR) is 98.6 cm³/mol. The average molecular weight is 324 g/mol. The highest BCUT2D eigenvalue weighted by atomic mass is 16.2. The van der Waals surface area contributed by atoms with Crippen LogP contribution in [0.1, 0.15) is 32.6 Å². The average Bonchev–Trinajstić information content (AvgIpc) is 2.63. The van der Waals surface area contributed by atoms with Crippen molar-refractivity contribution < 1.29 is 4.79 Å². The van der Waals surface area contributed by atoms with Gasteiger partial charge >= 0.3 is 6.03 Å². The number of para-hydroxylation sites is 1. The molecule has 126 valence electrons. The SMILES string of the molecule is CCC1CCCCN1c1ccc(NC(=O)Nc2ccccc2)cn1. The first-order chi connectivity index (χ1) is 11.8. The van der Waals surface area contributed by atoms with Gasteiger partial charge in [0.15, 0.2) is 0 Å². The van der Waals surface area contributed by atoms with Gasteiger partial charge < -0.3 is 15.5 Å². The van der Waals surface area contributed by atoms with Gasteiger partial charge in [-0.15, -0.1) is 0 Å². The van der Waals surface area contributed by atoms with Crippen molar-refractivity contribution in [1.82, 2.24) is 4.98 Å². The molecule has 5 nitrogen and oxygen atoms in total. The highest BCUT2D eigenvalue weighted by Gasteiger charge is 2.21. The summed E-state index contributed by atoms with van der Waals surface area (Å²) in [5.41, 5.74) is 1.45. The molecule has 2 aromatic rings. The van der Waals surface area contributed by atoms with Gasteiger partial charge in [0.25, 0.3) is 0 Å². The van der Waals surface area contributed by atoms with Crippen molar-refractivity contribution in [2.75, 3.05) is 22.1 Å². The molecule has 0 radical (unpaired) electrons. The van der Waals surface area contributed by atoms with Gasteiger partial charge in [0.05, 0.1) is 11.9 Å². The maximum absolute atomic E-state index is 12.0. The number of urea groups is 1. The summed E-state index contributed by atoms with van der Waals surface area (Å²) in [6.07, 6.45) is 6.62. The number of hydrogen-bond donors (Lipinski definition) is 2. The molecule has 2 N–H and O–H groups in total. The Balaban J connectivity index is 1.61. The number of rotatable bonds is 4. The Bertz CT molecular complexity index is 657. The number of anilines is 3. The number of hydrogen-bond acceptors (Lipinski definition) is 3. The van der Waals surface area contributed by atoms with Crippen molar-refractivity contribution in [2.24, 2.45) is 0 Å². The Morgan fingerprint density at radius 1 is 1.12 bits per heavy atom. The van der Waals surface area contributed by atoms with E-state index in [1.54, 1.807) is 6.20 Å². The van der Waals surface area contributed by atoms with E-state index in [0.29, 0.717) is 11.7 Å². The summed E-state index contributed by atoms with van der Waals surface area (Å²) in [6, 6.07) is 13.6. The van der Waals surface area contributed by atoms with Crippen LogP contribution in [0.4, 0.5) is 22.0 Å². The highest BCUT2D eigenvalue weighted by molar-refractivity contribution is 5.99. The molecule has 0 saturated carbocycles. The lowest BCUT2D eigenvalue weighted by atomic mass is 10.00. The fourth-order valence-electron chi connectivity index (χ4n) is 3.17. The smallest absolute Gasteiger partial charge is 0.323 e. The molecule has 5 heteroatoms. The van der Waals surface area contributed by atoms with Gasteiger partial charge in [-0.2, -0.15) is 0 Å². The van der Waals surface area contributed by atoms with Crippen LogP contribution in [-0.4, -0.2) is 23.6 Å². The number of amides is 2. The summed E-state index contributed by atoms with van der Waals surface area (Å²) < 4.78 is 0. The van der Waals surface area contributed by atoms with Gasteiger partial charge in [-0.1, -0.05) is 25.1 Å². The van der Waals surface area contributed by atoms with Crippen LogP contribution in [0.3, 0.4) is 0 Å². The largest absolute Gasteiger partial charge is 0.354 e. The Hall–Kier alpha value is -2.56. The topological polar surface area (TPSA) is 57.3 Å². The lowest BCUT2D eigenvalue weighted by Gasteiger charge is -2.36. The molecule has 0 spiro atoms. The lowest BCUT2D eigenvalue weighted by Crippen LogP contribution is -2.39. The maximum atomic E-state index is 12.0. The van der Waals surface area contributed by atoms with Crippen molar-refractivity contribution in [3.63, 3.8) is 0 Å². The van der Waals surface area contributed by atoms with E-state index in [4.69, 9.17) is 0 Å². The van der Waals surface area contributed by atoms with E-state index >= 15 is 0 Å². The van der Waals surface area contributed by atoms with Gasteiger partial charge in [-0.05, 0) is 49.9 Å². The zero-order valence-corrected chi connectivity index (χ0v) is 14.0. The quantitative estimate of drug-likeness (QED) is 0.871. The molecule has 1 aliphatic rings. The highest BCUT2D eigenvalue weighted by Crippen LogP contribution is 2.25. The molecule has 1 unspecified atom stereocenters. The van der Waals surface area contributed by atoms with Gasteiger partial charge in [-0.3, -0.25) is 0 Å². The number of carbonyl (C=O) groups excluding carboxylic acids is 1. The summed E-state index contributed by atoms with van der Waals surface area (Å²) in [6.45, 7) is 3.29. The van der Waals surface area contributed by atoms with Gasteiger partial charge in [0.1, 0.15) is 5.82 Å². The van der Waals surface area contributed by atoms with E-state index < -0.39 is 0 Å². The number of piperidine rings is 1. The van der Waals surface area contributed by atoms with Gasteiger partial charge in [-0.25, -0.2) is 9.78 Å². The molecular weight excluding hydrogens is 300 g/mol. The number of pyridine rings is 1. The van der Waals surface area contributed by atoms with Crippen LogP contribution in [0.15, 0.2) is 48.7 Å². The number of aromatic nitrogens is 1. The normalized spacial score (nSPS) is 17.4. The van der Waals surface area contributed by atoms with Crippen molar-refractivity contribution in [1.29, 1.82) is 0 Å². The molecule has 1 aliphatic heterocycles. The first-order valence-corrected chi connectivity index (χ1v) is 8.62. The summed E-state index contributed by atoms with van der Waals surface area (Å²) in [4.78, 5) is 18.9. The Kier molecular flexibility index (Phi) is 5.31. The zero-order valence-electron chi connectivity index (χ0n) is 14.0. The van der Waals surface area contributed by atoms with E-state index in [0.717, 1.165) is 24.5 Å². The van der Waals surface area contributed by atoms with Crippen molar-refractivity contribution >= 4 is 23.2 Å². The van der Waals surface area contributed by atoms with E-state index in [9.17, 15) is 4.79 Å². The molecule has 1 aromatic heterocycles. The summed E-state index contributed by atoms with van der Waals surface area (Å²) in [5, 5.41) is 5.61. The van der Waals surface area contributed by atoms with Gasteiger partial charge in [0.2, 0.25) is 0 Å². The first kappa shape index (κ1) is 16.3. The van der Waals surface area contributed by atoms with E-state index in [1.165, 1.54) is 19.3 Å². The molecule has 1 fully saturated rings. The third kappa shape index (κ3) is 4.04. The van der Waals surface area contributed by atoms with E-state index in [-0.39, 0.29) is 6.03 Å². The standard InChI is InChI=1S/C19H24N4O/c1-2-17-10-6-7-13-23(17)18-12-11-16(14-20-18)22-19(24)21-15-8-4-3-5-9-15/h3-5,8-9,11-12,14,17H,2,6-7,10,13H2,1H3,(H2,21,22,24). The molecule has 1 atom stereocenters. The number of carbonyl (C=O) groups is 1. The lowest BCUT2D eigenvalue weighted by molar-refractivity contribution is 0.262. The Morgan fingerprint density at radius 2 is 1.92 bits per heavy atom. The number of nitrogens with zero attached hydrogens (tertiary/aromatic N) is 2. The van der Waals surface area contributed by atoms with Crippen LogP contribution in [0.5, 0.6) is 0 Å². The number of benzene rings is 1. The monoisotopic (exact) mass is 324 g/mol. The minimum atomic E-state index is -0.264. The van der Waals surface area contributed by atoms with Crippen LogP contribution < -0.4 is 15.5 Å². The third-order valence-corrected chi connectivity index (χ3v) is 4.43. The van der Waals surface area contributed by atoms with Crippen molar-refractivity contribution in [3.8, 4) is 0 Å². The second kappa shape index (κ2) is 7.81. The molecule has 0 aliphatic carbocycles. The summed E-state index contributed by atoms with van der Waals surface area (Å²) >= 11 is 0. The molecule has 24 heavy (non-hydrogen) atoms. The summed E-state index contributed by atoms with van der Waals surface area (Å²) in [5.74, 6) is 0.996. The molecular formula is C19H24N4O. The summed E-state index contributed by atoms with van der Waals surface area (Å²) in [7, 11) is 0. The van der Waals surface area contributed by atoms with Gasteiger partial charge in [0, 0.05) is 18.3 Å². The molecule has 1 aromatic carbocycles. The molecule has 0 bridgehead atoms. The second-order valence-corrected chi connectivity index (χ2v) is 6.10. The van der Waals surface area contributed by atoms with Crippen LogP contribution in [-0.2, 0) is 0 Å². The fourth-order valence-corrected chi connectivity index (χ4v) is 3.17. The fraction of sp³-hybridized carbons (Fsp3) is 0.368. The van der Waals surface area contributed by atoms with E-state index in [2.05, 4.69) is 27.4 Å². The molecule has 2 heterocycles. The minimum absolute atomic E-state index is 0.264. The number of nitrogens with one attached hydrogen (secondary N) is 2. The molecule has 3 rings (SSSR count). The second-order valence-electron chi connectivity index (χ2n) is 6.10. The minimum Gasteiger partial charge on any atom is -0.354 e. The first-order valence-electron chi connectivity index (χ1n) is 8.62. The predicted octanol–water partition coefficient (Wildman–Crippen LogP) is 4.49.